The van der Waals surface area contributed by atoms with Crippen molar-refractivity contribution in [3.05, 3.63) is 59.5 Å². The lowest BCUT2D eigenvalue weighted by Gasteiger charge is -2.39. The molecule has 4 heterocycles. The van der Waals surface area contributed by atoms with E-state index in [2.05, 4.69) is 20.0 Å². The summed E-state index contributed by atoms with van der Waals surface area (Å²) in [6, 6.07) is 12.3. The lowest BCUT2D eigenvalue weighted by molar-refractivity contribution is 0.00468. The second kappa shape index (κ2) is 9.85. The minimum Gasteiger partial charge on any atom is -0.496 e. The average Bonchev–Trinajstić information content (AvgIpc) is 3.69. The van der Waals surface area contributed by atoms with Crippen LogP contribution in [0.25, 0.3) is 33.8 Å². The quantitative estimate of drug-likeness (QED) is 0.384. The number of amides is 1. The molecule has 9 nitrogen and oxygen atoms in total. The van der Waals surface area contributed by atoms with E-state index in [1.165, 1.54) is 16.9 Å². The molecule has 0 bridgehead atoms. The topological polar surface area (TPSA) is 98.3 Å². The maximum Gasteiger partial charge on any atom is 0.271 e. The number of aryl methyl sites for hydroxylation is 2. The summed E-state index contributed by atoms with van der Waals surface area (Å²) in [5.74, 6) is 0.658. The minimum absolute atomic E-state index is 0.102. The number of carbonyl (C=O) groups excluding carboxylic acids is 1. The molecule has 4 aromatic rings. The van der Waals surface area contributed by atoms with Crippen molar-refractivity contribution in [2.75, 3.05) is 13.7 Å². The van der Waals surface area contributed by atoms with Crippen molar-refractivity contribution in [2.24, 2.45) is 7.05 Å². The van der Waals surface area contributed by atoms with Crippen LogP contribution in [0.1, 0.15) is 49.2 Å². The summed E-state index contributed by atoms with van der Waals surface area (Å²) in [4.78, 5) is 17.5. The lowest BCUT2D eigenvalue weighted by atomic mass is 9.89. The summed E-state index contributed by atoms with van der Waals surface area (Å²) in [6.07, 6.45) is 2.25. The largest absolute Gasteiger partial charge is 0.496 e. The third-order valence-electron chi connectivity index (χ3n) is 8.54. The van der Waals surface area contributed by atoms with Gasteiger partial charge in [-0.15, -0.1) is 10.2 Å². The van der Waals surface area contributed by atoms with Crippen LogP contribution in [0.5, 0.6) is 5.75 Å². The van der Waals surface area contributed by atoms with Crippen LogP contribution in [-0.4, -0.2) is 66.0 Å². The molecule has 0 saturated carbocycles. The van der Waals surface area contributed by atoms with E-state index in [1.807, 2.05) is 36.9 Å². The molecule has 1 saturated heterocycles. The first-order valence-corrected chi connectivity index (χ1v) is 13.7. The lowest BCUT2D eigenvalue weighted by Crippen LogP contribution is -2.53. The van der Waals surface area contributed by atoms with E-state index in [1.54, 1.807) is 26.3 Å². The van der Waals surface area contributed by atoms with Crippen LogP contribution in [0.2, 0.25) is 0 Å². The first kappa shape index (κ1) is 26.2. The van der Waals surface area contributed by atoms with E-state index in [-0.39, 0.29) is 11.7 Å². The maximum absolute atomic E-state index is 14.2. The summed E-state index contributed by atoms with van der Waals surface area (Å²) < 4.78 is 21.7. The number of hydrogen-bond donors (Lipinski definition) is 1. The molecule has 2 aliphatic heterocycles. The van der Waals surface area contributed by atoms with Crippen LogP contribution in [0.4, 0.5) is 4.39 Å². The van der Waals surface area contributed by atoms with Crippen LogP contribution in [-0.2, 0) is 20.0 Å². The van der Waals surface area contributed by atoms with Gasteiger partial charge in [0.2, 0.25) is 5.82 Å². The van der Waals surface area contributed by atoms with E-state index < -0.39 is 11.6 Å². The van der Waals surface area contributed by atoms with Gasteiger partial charge in [-0.3, -0.25) is 4.79 Å². The SMILES string of the molecule is CCC(O)[C@]1(C)CCCN1C(=O)c1cc(-c2ccc(F)cc2)c2n1CCc1cc(OC)c(-c3nnn(C)n3)cc1-2. The number of benzene rings is 2. The molecular weight excluding hydrogens is 511 g/mol. The zero-order valence-corrected chi connectivity index (χ0v) is 23.2. The van der Waals surface area contributed by atoms with E-state index in [9.17, 15) is 14.3 Å². The number of likely N-dealkylation sites (tertiary alicyclic amines) is 1. The normalized spacial score (nSPS) is 18.9. The fourth-order valence-electron chi connectivity index (χ4n) is 6.36. The van der Waals surface area contributed by atoms with Crippen molar-refractivity contribution in [1.82, 2.24) is 29.7 Å². The molecule has 0 radical (unpaired) electrons. The number of halogens is 1. The smallest absolute Gasteiger partial charge is 0.271 e. The number of tetrazole rings is 1. The van der Waals surface area contributed by atoms with E-state index in [4.69, 9.17) is 4.74 Å². The molecule has 1 unspecified atom stereocenters. The van der Waals surface area contributed by atoms with Crippen LogP contribution in [0.3, 0.4) is 0 Å². The highest BCUT2D eigenvalue weighted by Crippen LogP contribution is 2.45. The Morgan fingerprint density at radius 1 is 1.15 bits per heavy atom. The maximum atomic E-state index is 14.2. The van der Waals surface area contributed by atoms with Crippen molar-refractivity contribution in [1.29, 1.82) is 0 Å². The van der Waals surface area contributed by atoms with Crippen LogP contribution in [0, 0.1) is 5.82 Å². The van der Waals surface area contributed by atoms with Gasteiger partial charge in [0.05, 0.1) is 37.1 Å². The van der Waals surface area contributed by atoms with Crippen LogP contribution >= 0.6 is 0 Å². The molecule has 208 valence electrons. The van der Waals surface area contributed by atoms with Gasteiger partial charge in [0.1, 0.15) is 17.3 Å². The molecule has 2 aromatic carbocycles. The monoisotopic (exact) mass is 544 g/mol. The predicted octanol–water partition coefficient (Wildman–Crippen LogP) is 4.48. The van der Waals surface area contributed by atoms with Gasteiger partial charge < -0.3 is 19.3 Å². The van der Waals surface area contributed by atoms with Crippen molar-refractivity contribution in [3.8, 4) is 39.5 Å². The van der Waals surface area contributed by atoms with Gasteiger partial charge in [-0.05, 0) is 79.3 Å². The Labute approximate surface area is 232 Å². The highest BCUT2D eigenvalue weighted by molar-refractivity contribution is 5.99. The Balaban J connectivity index is 1.55. The Morgan fingerprint density at radius 3 is 2.60 bits per heavy atom. The first-order chi connectivity index (χ1) is 19.2. The second-order valence-electron chi connectivity index (χ2n) is 10.9. The Hall–Kier alpha value is -4.05. The molecule has 2 atom stereocenters. The number of ether oxygens (including phenoxy) is 1. The van der Waals surface area contributed by atoms with Crippen molar-refractivity contribution in [3.63, 3.8) is 0 Å². The molecule has 0 spiro atoms. The zero-order valence-electron chi connectivity index (χ0n) is 23.2. The van der Waals surface area contributed by atoms with Crippen LogP contribution < -0.4 is 4.74 Å². The van der Waals surface area contributed by atoms with Gasteiger partial charge in [-0.25, -0.2) is 4.39 Å². The van der Waals surface area contributed by atoms with Gasteiger partial charge >= 0.3 is 0 Å². The van der Waals surface area contributed by atoms with Crippen molar-refractivity contribution >= 4 is 5.91 Å². The standard InChI is InChI=1S/C30H33FN6O3/c1-5-26(38)30(2)12-6-13-37(30)29(39)24-17-22(18-7-9-20(31)10-8-18)27-21-16-23(28-32-34-35(3)33-28)25(40-4)15-19(21)11-14-36(24)27/h7-10,15-17,26,38H,5-6,11-14H2,1-4H3/t26?,30-/m0/s1. The molecule has 6 rings (SSSR count). The zero-order chi connectivity index (χ0) is 28.2. The van der Waals surface area contributed by atoms with Crippen LogP contribution in [0.15, 0.2) is 42.5 Å². The highest BCUT2D eigenvalue weighted by Gasteiger charge is 2.45. The number of fused-ring (bicyclic) bond motifs is 3. The fourth-order valence-corrected chi connectivity index (χ4v) is 6.36. The van der Waals surface area contributed by atoms with Gasteiger partial charge in [-0.1, -0.05) is 19.1 Å². The molecule has 1 amide bonds. The fraction of sp³-hybridized carbons (Fsp3) is 0.400. The molecule has 2 aliphatic rings. The second-order valence-corrected chi connectivity index (χ2v) is 10.9. The molecule has 1 fully saturated rings. The predicted molar refractivity (Wildman–Crippen MR) is 148 cm³/mol. The molecule has 0 aliphatic carbocycles. The number of rotatable bonds is 6. The Morgan fingerprint density at radius 2 is 1.93 bits per heavy atom. The van der Waals surface area contributed by atoms with Gasteiger partial charge in [0, 0.05) is 24.2 Å². The summed E-state index contributed by atoms with van der Waals surface area (Å²) in [6.45, 7) is 5.11. The minimum atomic E-state index is -0.628. The van der Waals surface area contributed by atoms with E-state index in [0.717, 1.165) is 40.8 Å². The molecule has 2 aromatic heterocycles. The number of nitrogens with zero attached hydrogens (tertiary/aromatic N) is 6. The number of hydrogen-bond acceptors (Lipinski definition) is 6. The number of aliphatic hydroxyl groups excluding tert-OH is 1. The van der Waals surface area contributed by atoms with Gasteiger partial charge in [-0.2, -0.15) is 4.80 Å². The summed E-state index contributed by atoms with van der Waals surface area (Å²) >= 11 is 0. The summed E-state index contributed by atoms with van der Waals surface area (Å²) in [7, 11) is 3.32. The van der Waals surface area contributed by atoms with Gasteiger partial charge in [0.15, 0.2) is 0 Å². The van der Waals surface area contributed by atoms with Crippen molar-refractivity contribution in [2.45, 2.75) is 57.7 Å². The Bertz CT molecular complexity index is 1590. The number of aromatic nitrogens is 5. The third-order valence-corrected chi connectivity index (χ3v) is 8.54. The number of aliphatic hydroxyl groups is 1. The summed E-state index contributed by atoms with van der Waals surface area (Å²) in [5, 5.41) is 23.5. The third kappa shape index (κ3) is 4.09. The number of methoxy groups -OCH3 is 1. The van der Waals surface area contributed by atoms with Gasteiger partial charge in [0.25, 0.3) is 5.91 Å². The Kier molecular flexibility index (Phi) is 6.45. The molecular formula is C30H33FN6O3. The molecule has 10 heteroatoms. The van der Waals surface area contributed by atoms with Crippen molar-refractivity contribution < 1.29 is 19.0 Å². The van der Waals surface area contributed by atoms with E-state index >= 15 is 0 Å². The average molecular weight is 545 g/mol. The number of carbonyl (C=O) groups is 1. The molecule has 40 heavy (non-hydrogen) atoms. The summed E-state index contributed by atoms with van der Waals surface area (Å²) in [5.41, 5.74) is 5.16. The molecule has 1 N–H and O–H groups in total. The van der Waals surface area contributed by atoms with E-state index in [0.29, 0.717) is 48.8 Å². The first-order valence-electron chi connectivity index (χ1n) is 13.7. The highest BCUT2D eigenvalue weighted by atomic mass is 19.1.